The maximum absolute atomic E-state index is 13.7. The molecule has 16 heavy (non-hydrogen) atoms. The van der Waals surface area contributed by atoms with E-state index < -0.39 is 6.04 Å². The number of halogens is 2. The van der Waals surface area contributed by atoms with Gasteiger partial charge in [0.25, 0.3) is 0 Å². The van der Waals surface area contributed by atoms with Crippen LogP contribution in [0.3, 0.4) is 0 Å². The molecule has 0 unspecified atom stereocenters. The molecule has 0 aliphatic rings. The van der Waals surface area contributed by atoms with Crippen LogP contribution in [0.15, 0.2) is 29.0 Å². The number of hydrogen-bond acceptors (Lipinski definition) is 2. The van der Waals surface area contributed by atoms with Crippen molar-refractivity contribution in [3.8, 4) is 0 Å². The van der Waals surface area contributed by atoms with Crippen LogP contribution >= 0.6 is 22.9 Å². The highest BCUT2D eigenvalue weighted by Gasteiger charge is 2.18. The highest BCUT2D eigenvalue weighted by atomic mass is 35.5. The zero-order chi connectivity index (χ0) is 11.7. The lowest BCUT2D eigenvalue weighted by molar-refractivity contribution is 0.599. The van der Waals surface area contributed by atoms with Gasteiger partial charge in [0, 0.05) is 5.56 Å². The van der Waals surface area contributed by atoms with Crippen molar-refractivity contribution in [2.45, 2.75) is 13.0 Å². The minimum atomic E-state index is -0.501. The van der Waals surface area contributed by atoms with Crippen molar-refractivity contribution < 1.29 is 4.39 Å². The van der Waals surface area contributed by atoms with Crippen molar-refractivity contribution in [3.05, 3.63) is 56.5 Å². The van der Waals surface area contributed by atoms with Gasteiger partial charge in [-0.25, -0.2) is 4.39 Å². The van der Waals surface area contributed by atoms with Crippen molar-refractivity contribution in [2.24, 2.45) is 5.73 Å². The molecule has 0 bridgehead atoms. The molecule has 0 amide bonds. The number of aryl methyl sites for hydroxylation is 1. The molecule has 0 aliphatic heterocycles. The average Bonchev–Trinajstić information content (AvgIpc) is 2.77. The third-order valence-corrected chi connectivity index (χ3v) is 3.74. The first-order valence-electron chi connectivity index (χ1n) is 4.83. The standard InChI is InChI=1S/C12H11ClFNS/c1-7-2-3-9(14)10(11(7)13)12(15)8-4-5-16-6-8/h2-6,12H,15H2,1H3/t12-/m0/s1. The van der Waals surface area contributed by atoms with Crippen LogP contribution in [-0.4, -0.2) is 0 Å². The quantitative estimate of drug-likeness (QED) is 0.866. The zero-order valence-electron chi connectivity index (χ0n) is 8.71. The fraction of sp³-hybridized carbons (Fsp3) is 0.167. The maximum Gasteiger partial charge on any atom is 0.129 e. The van der Waals surface area contributed by atoms with Gasteiger partial charge in [-0.15, -0.1) is 0 Å². The van der Waals surface area contributed by atoms with Crippen LogP contribution in [0.25, 0.3) is 0 Å². The van der Waals surface area contributed by atoms with Crippen LogP contribution < -0.4 is 5.73 Å². The SMILES string of the molecule is Cc1ccc(F)c([C@@H](N)c2ccsc2)c1Cl. The van der Waals surface area contributed by atoms with Crippen LogP contribution in [0.2, 0.25) is 5.02 Å². The second kappa shape index (κ2) is 4.53. The fourth-order valence-corrected chi connectivity index (χ4v) is 2.55. The van der Waals surface area contributed by atoms with Crippen LogP contribution in [0.5, 0.6) is 0 Å². The van der Waals surface area contributed by atoms with Gasteiger partial charge in [0.2, 0.25) is 0 Å². The van der Waals surface area contributed by atoms with E-state index in [0.717, 1.165) is 11.1 Å². The van der Waals surface area contributed by atoms with Crippen LogP contribution in [0.4, 0.5) is 4.39 Å². The van der Waals surface area contributed by atoms with Gasteiger partial charge in [-0.3, -0.25) is 0 Å². The summed E-state index contributed by atoms with van der Waals surface area (Å²) < 4.78 is 13.7. The first-order chi connectivity index (χ1) is 7.61. The molecule has 0 spiro atoms. The normalized spacial score (nSPS) is 12.8. The number of rotatable bonds is 2. The van der Waals surface area contributed by atoms with E-state index in [1.807, 2.05) is 23.8 Å². The van der Waals surface area contributed by atoms with E-state index in [1.165, 1.54) is 17.4 Å². The largest absolute Gasteiger partial charge is 0.320 e. The van der Waals surface area contributed by atoms with E-state index in [4.69, 9.17) is 17.3 Å². The maximum atomic E-state index is 13.7. The fourth-order valence-electron chi connectivity index (χ4n) is 1.58. The first kappa shape index (κ1) is 11.6. The third kappa shape index (κ3) is 1.98. The molecule has 0 aliphatic carbocycles. The molecule has 2 rings (SSSR count). The number of hydrogen-bond donors (Lipinski definition) is 1. The smallest absolute Gasteiger partial charge is 0.129 e. The summed E-state index contributed by atoms with van der Waals surface area (Å²) in [5.74, 6) is -0.352. The van der Waals surface area contributed by atoms with Crippen molar-refractivity contribution in [2.75, 3.05) is 0 Å². The Morgan fingerprint density at radius 3 is 2.75 bits per heavy atom. The molecular weight excluding hydrogens is 245 g/mol. The van der Waals surface area contributed by atoms with Crippen molar-refractivity contribution in [3.63, 3.8) is 0 Å². The Bertz CT molecular complexity index is 496. The molecule has 1 atom stereocenters. The Kier molecular flexibility index (Phi) is 3.28. The van der Waals surface area contributed by atoms with Gasteiger partial charge in [0.05, 0.1) is 11.1 Å². The topological polar surface area (TPSA) is 26.0 Å². The Morgan fingerprint density at radius 1 is 1.38 bits per heavy atom. The minimum absolute atomic E-state index is 0.352. The second-order valence-electron chi connectivity index (χ2n) is 3.63. The van der Waals surface area contributed by atoms with E-state index in [0.29, 0.717) is 10.6 Å². The van der Waals surface area contributed by atoms with Gasteiger partial charge in [-0.05, 0) is 40.9 Å². The number of nitrogens with two attached hydrogens (primary N) is 1. The van der Waals surface area contributed by atoms with Crippen LogP contribution in [0.1, 0.15) is 22.7 Å². The molecule has 1 aromatic carbocycles. The summed E-state index contributed by atoms with van der Waals surface area (Å²) in [4.78, 5) is 0. The van der Waals surface area contributed by atoms with Crippen LogP contribution in [0, 0.1) is 12.7 Å². The third-order valence-electron chi connectivity index (χ3n) is 2.53. The van der Waals surface area contributed by atoms with Gasteiger partial charge < -0.3 is 5.73 Å². The van der Waals surface area contributed by atoms with E-state index in [1.54, 1.807) is 6.07 Å². The minimum Gasteiger partial charge on any atom is -0.320 e. The highest BCUT2D eigenvalue weighted by Crippen LogP contribution is 2.31. The lowest BCUT2D eigenvalue weighted by atomic mass is 10.00. The first-order valence-corrected chi connectivity index (χ1v) is 6.15. The van der Waals surface area contributed by atoms with E-state index >= 15 is 0 Å². The molecule has 1 aromatic heterocycles. The Morgan fingerprint density at radius 2 is 2.12 bits per heavy atom. The van der Waals surface area contributed by atoms with Crippen molar-refractivity contribution in [1.82, 2.24) is 0 Å². The average molecular weight is 256 g/mol. The summed E-state index contributed by atoms with van der Waals surface area (Å²) in [6.45, 7) is 1.84. The summed E-state index contributed by atoms with van der Waals surface area (Å²) in [5, 5.41) is 4.23. The monoisotopic (exact) mass is 255 g/mol. The van der Waals surface area contributed by atoms with Gasteiger partial charge in [0.1, 0.15) is 5.82 Å². The zero-order valence-corrected chi connectivity index (χ0v) is 10.3. The summed E-state index contributed by atoms with van der Waals surface area (Å²) in [6, 6.07) is 4.44. The molecule has 0 fully saturated rings. The predicted molar refractivity (Wildman–Crippen MR) is 66.5 cm³/mol. The Labute approximate surface area is 103 Å². The van der Waals surface area contributed by atoms with E-state index in [-0.39, 0.29) is 5.82 Å². The summed E-state index contributed by atoms with van der Waals surface area (Å²) >= 11 is 7.63. The molecule has 0 radical (unpaired) electrons. The summed E-state index contributed by atoms with van der Waals surface area (Å²) in [7, 11) is 0. The van der Waals surface area contributed by atoms with Gasteiger partial charge in [-0.2, -0.15) is 11.3 Å². The molecule has 0 saturated heterocycles. The second-order valence-corrected chi connectivity index (χ2v) is 4.78. The van der Waals surface area contributed by atoms with E-state index in [2.05, 4.69) is 0 Å². The molecule has 2 N–H and O–H groups in total. The van der Waals surface area contributed by atoms with E-state index in [9.17, 15) is 4.39 Å². The van der Waals surface area contributed by atoms with Crippen molar-refractivity contribution in [1.29, 1.82) is 0 Å². The lowest BCUT2D eigenvalue weighted by Gasteiger charge is -2.14. The van der Waals surface area contributed by atoms with Gasteiger partial charge in [0.15, 0.2) is 0 Å². The summed E-state index contributed by atoms with van der Waals surface area (Å²) in [6.07, 6.45) is 0. The molecule has 84 valence electrons. The summed E-state index contributed by atoms with van der Waals surface area (Å²) in [5.41, 5.74) is 8.11. The molecule has 1 heterocycles. The van der Waals surface area contributed by atoms with Crippen LogP contribution in [-0.2, 0) is 0 Å². The van der Waals surface area contributed by atoms with Gasteiger partial charge >= 0.3 is 0 Å². The van der Waals surface area contributed by atoms with Crippen molar-refractivity contribution >= 4 is 22.9 Å². The molecule has 4 heteroatoms. The molecule has 1 nitrogen and oxygen atoms in total. The molecule has 2 aromatic rings. The lowest BCUT2D eigenvalue weighted by Crippen LogP contribution is -2.14. The highest BCUT2D eigenvalue weighted by molar-refractivity contribution is 7.08. The Balaban J connectivity index is 2.52. The number of benzene rings is 1. The molecular formula is C12H11ClFNS. The van der Waals surface area contributed by atoms with Gasteiger partial charge in [-0.1, -0.05) is 17.7 Å². The number of thiophene rings is 1. The predicted octanol–water partition coefficient (Wildman–Crippen LogP) is 3.90. The molecule has 0 saturated carbocycles. The Hall–Kier alpha value is -0.900.